The highest BCUT2D eigenvalue weighted by Crippen LogP contribution is 2.13. The molecule has 1 amide bonds. The van der Waals surface area contributed by atoms with Gasteiger partial charge in [0.1, 0.15) is 18.0 Å². The van der Waals surface area contributed by atoms with E-state index in [0.717, 1.165) is 0 Å². The second kappa shape index (κ2) is 8.13. The molecule has 3 aromatic rings. The van der Waals surface area contributed by atoms with Crippen LogP contribution in [0.3, 0.4) is 0 Å². The first-order chi connectivity index (χ1) is 13.4. The Morgan fingerprint density at radius 3 is 2.50 bits per heavy atom. The number of pyridine rings is 1. The number of anilines is 1. The number of nitrogens with zero attached hydrogens (tertiary/aromatic N) is 1. The van der Waals surface area contributed by atoms with Crippen molar-refractivity contribution in [1.29, 1.82) is 0 Å². The molecule has 2 heterocycles. The van der Waals surface area contributed by atoms with Gasteiger partial charge < -0.3 is 14.3 Å². The van der Waals surface area contributed by atoms with Gasteiger partial charge in [0.05, 0.1) is 17.7 Å². The van der Waals surface area contributed by atoms with Gasteiger partial charge in [-0.1, -0.05) is 18.2 Å². The van der Waals surface area contributed by atoms with Gasteiger partial charge in [0.2, 0.25) is 5.91 Å². The van der Waals surface area contributed by atoms with Gasteiger partial charge in [-0.2, -0.15) is 0 Å². The highest BCUT2D eigenvalue weighted by atomic mass is 32.2. The maximum absolute atomic E-state index is 12.7. The zero-order valence-corrected chi connectivity index (χ0v) is 15.9. The van der Waals surface area contributed by atoms with Crippen LogP contribution in [0.1, 0.15) is 11.5 Å². The number of hydrogen-bond donors (Lipinski definition) is 2. The van der Waals surface area contributed by atoms with Crippen molar-refractivity contribution in [3.05, 3.63) is 82.7 Å². The topological polar surface area (TPSA) is 110 Å². The minimum absolute atomic E-state index is 0.0396. The number of carbonyl (C=O) groups excluding carboxylic acids is 1. The lowest BCUT2D eigenvalue weighted by Crippen LogP contribution is -2.34. The molecule has 0 aliphatic carbocycles. The van der Waals surface area contributed by atoms with E-state index in [2.05, 4.69) is 10.0 Å². The van der Waals surface area contributed by atoms with Crippen molar-refractivity contribution in [3.8, 4) is 0 Å². The summed E-state index contributed by atoms with van der Waals surface area (Å²) >= 11 is 0. The van der Waals surface area contributed by atoms with E-state index in [1.807, 2.05) is 0 Å². The summed E-state index contributed by atoms with van der Waals surface area (Å²) < 4.78 is 33.6. The molecule has 0 fully saturated rings. The van der Waals surface area contributed by atoms with E-state index in [9.17, 15) is 18.0 Å². The van der Waals surface area contributed by atoms with Crippen LogP contribution >= 0.6 is 0 Å². The molecule has 28 heavy (non-hydrogen) atoms. The predicted molar refractivity (Wildman–Crippen MR) is 103 cm³/mol. The van der Waals surface area contributed by atoms with Crippen LogP contribution in [0.2, 0.25) is 0 Å². The molecule has 0 saturated carbocycles. The molecule has 0 radical (unpaired) electrons. The van der Waals surface area contributed by atoms with Crippen LogP contribution in [0.5, 0.6) is 0 Å². The predicted octanol–water partition coefficient (Wildman–Crippen LogP) is 1.87. The molecule has 0 bridgehead atoms. The molecule has 2 aromatic heterocycles. The maximum Gasteiger partial charge on any atom is 0.275 e. The third-order valence-corrected chi connectivity index (χ3v) is 5.41. The average molecular weight is 401 g/mol. The molecule has 0 aliphatic heterocycles. The number of hydrogen-bond acceptors (Lipinski definition) is 5. The fourth-order valence-corrected chi connectivity index (χ4v) is 3.62. The number of carbonyl (C=O) groups is 1. The van der Waals surface area contributed by atoms with Crippen molar-refractivity contribution in [2.24, 2.45) is 0 Å². The Labute approximate surface area is 161 Å². The van der Waals surface area contributed by atoms with Gasteiger partial charge in [-0.15, -0.1) is 0 Å². The normalized spacial score (nSPS) is 11.2. The smallest absolute Gasteiger partial charge is 0.275 e. The summed E-state index contributed by atoms with van der Waals surface area (Å²) in [7, 11) is -3.91. The van der Waals surface area contributed by atoms with Crippen molar-refractivity contribution < 1.29 is 17.6 Å². The zero-order chi connectivity index (χ0) is 20.1. The van der Waals surface area contributed by atoms with Crippen LogP contribution < -0.4 is 15.6 Å². The van der Waals surface area contributed by atoms with Crippen molar-refractivity contribution in [2.45, 2.75) is 24.9 Å². The summed E-state index contributed by atoms with van der Waals surface area (Å²) in [5, 5.41) is 2.65. The number of nitrogens with one attached hydrogen (secondary N) is 2. The number of sulfonamides is 1. The Morgan fingerprint density at radius 1 is 1.07 bits per heavy atom. The van der Waals surface area contributed by atoms with E-state index >= 15 is 0 Å². The Kier molecular flexibility index (Phi) is 5.65. The monoisotopic (exact) mass is 401 g/mol. The minimum Gasteiger partial charge on any atom is -0.467 e. The first-order valence-electron chi connectivity index (χ1n) is 8.44. The van der Waals surface area contributed by atoms with Crippen LogP contribution in [-0.2, 0) is 27.9 Å². The molecule has 0 spiro atoms. The number of aryl methyl sites for hydroxylation is 1. The molecule has 1 aromatic carbocycles. The number of benzene rings is 1. The standard InChI is InChI=1S/C19H19N3O5S/c1-14-9-10-17(21-28(25,26)16-7-3-2-4-8-16)19(24)22(14)13-18(23)20-12-15-6-5-11-27-15/h2-11,21H,12-13H2,1H3,(H,20,23). The zero-order valence-electron chi connectivity index (χ0n) is 15.1. The van der Waals surface area contributed by atoms with Gasteiger partial charge >= 0.3 is 0 Å². The summed E-state index contributed by atoms with van der Waals surface area (Å²) in [6.07, 6.45) is 1.50. The van der Waals surface area contributed by atoms with E-state index in [1.54, 1.807) is 43.3 Å². The number of amides is 1. The lowest BCUT2D eigenvalue weighted by atomic mass is 10.3. The van der Waals surface area contributed by atoms with E-state index in [1.165, 1.54) is 29.0 Å². The number of rotatable bonds is 7. The molecule has 146 valence electrons. The fraction of sp³-hybridized carbons (Fsp3) is 0.158. The highest BCUT2D eigenvalue weighted by molar-refractivity contribution is 7.92. The van der Waals surface area contributed by atoms with Gasteiger partial charge in [0, 0.05) is 5.69 Å². The van der Waals surface area contributed by atoms with E-state index in [-0.39, 0.29) is 23.7 Å². The van der Waals surface area contributed by atoms with Crippen LogP contribution in [0.15, 0.2) is 75.0 Å². The Morgan fingerprint density at radius 2 is 1.82 bits per heavy atom. The van der Waals surface area contributed by atoms with E-state index in [4.69, 9.17) is 4.42 Å². The first kappa shape index (κ1) is 19.4. The molecule has 0 unspecified atom stereocenters. The van der Waals surface area contributed by atoms with Gasteiger partial charge in [-0.05, 0) is 43.3 Å². The lowest BCUT2D eigenvalue weighted by Gasteiger charge is -2.13. The molecule has 3 rings (SSSR count). The van der Waals surface area contributed by atoms with Gasteiger partial charge in [0.25, 0.3) is 15.6 Å². The van der Waals surface area contributed by atoms with Crippen LogP contribution in [0.25, 0.3) is 0 Å². The molecule has 2 N–H and O–H groups in total. The SMILES string of the molecule is Cc1ccc(NS(=O)(=O)c2ccccc2)c(=O)n1CC(=O)NCc1ccco1. The second-order valence-electron chi connectivity index (χ2n) is 6.05. The Hall–Kier alpha value is -3.33. The minimum atomic E-state index is -3.91. The first-order valence-corrected chi connectivity index (χ1v) is 9.92. The molecule has 0 aliphatic rings. The van der Waals surface area contributed by atoms with Crippen molar-refractivity contribution in [3.63, 3.8) is 0 Å². The van der Waals surface area contributed by atoms with Gasteiger partial charge in [-0.25, -0.2) is 8.42 Å². The third-order valence-electron chi connectivity index (χ3n) is 4.03. The van der Waals surface area contributed by atoms with Crippen LogP contribution in [0, 0.1) is 6.92 Å². The summed E-state index contributed by atoms with van der Waals surface area (Å²) in [6.45, 7) is 1.61. The molecule has 0 atom stereocenters. The molecule has 8 nitrogen and oxygen atoms in total. The average Bonchev–Trinajstić information content (AvgIpc) is 3.20. The lowest BCUT2D eigenvalue weighted by molar-refractivity contribution is -0.122. The number of furan rings is 1. The molecule has 9 heteroatoms. The molecular formula is C19H19N3O5S. The van der Waals surface area contributed by atoms with Gasteiger partial charge in [0.15, 0.2) is 0 Å². The second-order valence-corrected chi connectivity index (χ2v) is 7.74. The molecular weight excluding hydrogens is 382 g/mol. The van der Waals surface area contributed by atoms with Crippen LogP contribution in [-0.4, -0.2) is 18.9 Å². The summed E-state index contributed by atoms with van der Waals surface area (Å²) in [5.41, 5.74) is -0.207. The molecule has 0 saturated heterocycles. The quantitative estimate of drug-likeness (QED) is 0.628. The van der Waals surface area contributed by atoms with Crippen molar-refractivity contribution in [2.75, 3.05) is 4.72 Å². The third kappa shape index (κ3) is 4.49. The number of aromatic nitrogens is 1. The summed E-state index contributed by atoms with van der Waals surface area (Å²) in [6, 6.07) is 14.1. The maximum atomic E-state index is 12.7. The fourth-order valence-electron chi connectivity index (χ4n) is 2.55. The largest absolute Gasteiger partial charge is 0.467 e. The van der Waals surface area contributed by atoms with E-state index < -0.39 is 21.5 Å². The Bertz CT molecular complexity index is 1120. The highest BCUT2D eigenvalue weighted by Gasteiger charge is 2.17. The van der Waals surface area contributed by atoms with Crippen molar-refractivity contribution >= 4 is 21.6 Å². The van der Waals surface area contributed by atoms with Crippen LogP contribution in [0.4, 0.5) is 5.69 Å². The van der Waals surface area contributed by atoms with Gasteiger partial charge in [-0.3, -0.25) is 14.3 Å². The van der Waals surface area contributed by atoms with Crippen molar-refractivity contribution in [1.82, 2.24) is 9.88 Å². The van der Waals surface area contributed by atoms with E-state index in [0.29, 0.717) is 11.5 Å². The summed E-state index contributed by atoms with van der Waals surface area (Å²) in [5.74, 6) is 0.187. The summed E-state index contributed by atoms with van der Waals surface area (Å²) in [4.78, 5) is 24.9. The Balaban J connectivity index is 1.78.